The van der Waals surface area contributed by atoms with Gasteiger partial charge in [0.15, 0.2) is 0 Å². The van der Waals surface area contributed by atoms with Crippen LogP contribution >= 0.6 is 0 Å². The maximum atomic E-state index is 12.3. The maximum absolute atomic E-state index is 12.3. The van der Waals surface area contributed by atoms with Crippen molar-refractivity contribution in [3.05, 3.63) is 17.3 Å². The zero-order chi connectivity index (χ0) is 12.5. The van der Waals surface area contributed by atoms with E-state index in [4.69, 9.17) is 5.11 Å². The van der Waals surface area contributed by atoms with Crippen molar-refractivity contribution in [3.8, 4) is 0 Å². The van der Waals surface area contributed by atoms with Crippen molar-refractivity contribution < 1.29 is 27.5 Å². The van der Waals surface area contributed by atoms with Gasteiger partial charge in [0.25, 0.3) is 0 Å². The molecule has 16 heavy (non-hydrogen) atoms. The summed E-state index contributed by atoms with van der Waals surface area (Å²) >= 11 is 0. The fraction of sp³-hybridized carbons (Fsp3) is 0.556. The molecule has 4 nitrogen and oxygen atoms in total. The highest BCUT2D eigenvalue weighted by molar-refractivity contribution is 5.69. The van der Waals surface area contributed by atoms with Crippen LogP contribution in [0, 0.1) is 0 Å². The van der Waals surface area contributed by atoms with Gasteiger partial charge in [0.05, 0.1) is 5.69 Å². The van der Waals surface area contributed by atoms with Crippen molar-refractivity contribution >= 4 is 5.97 Å². The molecule has 0 aliphatic carbocycles. The molecule has 0 atom stereocenters. The minimum atomic E-state index is -4.69. The molecule has 1 aromatic rings. The lowest BCUT2D eigenvalue weighted by Gasteiger charge is -2.00. The molecule has 1 heterocycles. The Morgan fingerprint density at radius 1 is 1.50 bits per heavy atom. The van der Waals surface area contributed by atoms with Crippen LogP contribution in [0.3, 0.4) is 0 Å². The van der Waals surface area contributed by atoms with Gasteiger partial charge >= 0.3 is 18.0 Å². The van der Waals surface area contributed by atoms with Crippen LogP contribution in [0.15, 0.2) is 4.42 Å². The number of aliphatic carboxylic acids is 1. The summed E-state index contributed by atoms with van der Waals surface area (Å²) in [4.78, 5) is 13.7. The number of nitrogens with zero attached hydrogens (tertiary/aromatic N) is 1. The van der Waals surface area contributed by atoms with E-state index in [9.17, 15) is 18.0 Å². The first kappa shape index (κ1) is 12.5. The Hall–Kier alpha value is -1.53. The second-order valence-corrected chi connectivity index (χ2v) is 3.55. The van der Waals surface area contributed by atoms with Crippen molar-refractivity contribution in [2.75, 3.05) is 0 Å². The molecule has 0 aromatic carbocycles. The van der Waals surface area contributed by atoms with Crippen LogP contribution in [0.2, 0.25) is 0 Å². The van der Waals surface area contributed by atoms with E-state index in [1.165, 1.54) is 0 Å². The predicted octanol–water partition coefficient (Wildman–Crippen LogP) is 2.44. The SMILES string of the molecule is CC(C)c1nc(C(F)(F)F)oc1CC(=O)O. The van der Waals surface area contributed by atoms with Crippen molar-refractivity contribution in [1.29, 1.82) is 0 Å². The molecule has 0 aliphatic rings. The van der Waals surface area contributed by atoms with Crippen LogP contribution in [-0.2, 0) is 17.4 Å². The molecule has 1 rings (SSSR count). The minimum Gasteiger partial charge on any atom is -0.481 e. The summed E-state index contributed by atoms with van der Waals surface area (Å²) in [6, 6.07) is 0. The van der Waals surface area contributed by atoms with Crippen LogP contribution < -0.4 is 0 Å². The van der Waals surface area contributed by atoms with Crippen molar-refractivity contribution in [1.82, 2.24) is 4.98 Å². The molecule has 0 saturated heterocycles. The number of carboxylic acid groups (broad SMARTS) is 1. The second kappa shape index (κ2) is 4.15. The van der Waals surface area contributed by atoms with Gasteiger partial charge in [-0.05, 0) is 5.92 Å². The monoisotopic (exact) mass is 237 g/mol. The lowest BCUT2D eigenvalue weighted by atomic mass is 10.1. The van der Waals surface area contributed by atoms with Gasteiger partial charge in [-0.15, -0.1) is 0 Å². The summed E-state index contributed by atoms with van der Waals surface area (Å²) in [6.45, 7) is 3.23. The number of carbonyl (C=O) groups is 1. The molecule has 0 saturated carbocycles. The molecule has 0 bridgehead atoms. The number of alkyl halides is 3. The topological polar surface area (TPSA) is 63.3 Å². The van der Waals surface area contributed by atoms with Crippen LogP contribution in [0.4, 0.5) is 13.2 Å². The van der Waals surface area contributed by atoms with Gasteiger partial charge in [0, 0.05) is 0 Å². The molecule has 0 spiro atoms. The number of hydrogen-bond donors (Lipinski definition) is 1. The Balaban J connectivity index is 3.15. The maximum Gasteiger partial charge on any atom is 0.468 e. The van der Waals surface area contributed by atoms with Gasteiger partial charge in [-0.3, -0.25) is 4.79 Å². The molecule has 1 aromatic heterocycles. The zero-order valence-corrected chi connectivity index (χ0v) is 8.63. The minimum absolute atomic E-state index is 0.0368. The van der Waals surface area contributed by atoms with Gasteiger partial charge in [-0.2, -0.15) is 13.2 Å². The van der Waals surface area contributed by atoms with Gasteiger partial charge in [0.2, 0.25) is 0 Å². The average molecular weight is 237 g/mol. The van der Waals surface area contributed by atoms with E-state index in [1.807, 2.05) is 0 Å². The summed E-state index contributed by atoms with van der Waals surface area (Å²) in [5, 5.41) is 8.52. The summed E-state index contributed by atoms with van der Waals surface area (Å²) in [5.41, 5.74) is 0.0368. The first-order chi connectivity index (χ1) is 7.21. The first-order valence-corrected chi connectivity index (χ1v) is 4.50. The van der Waals surface area contributed by atoms with E-state index in [-0.39, 0.29) is 17.4 Å². The van der Waals surface area contributed by atoms with Gasteiger partial charge in [-0.1, -0.05) is 13.8 Å². The highest BCUT2D eigenvalue weighted by Gasteiger charge is 2.39. The summed E-state index contributed by atoms with van der Waals surface area (Å²) in [7, 11) is 0. The number of halogens is 3. The third-order valence-electron chi connectivity index (χ3n) is 1.83. The van der Waals surface area contributed by atoms with Gasteiger partial charge in [0.1, 0.15) is 12.2 Å². The Labute approximate surface area is 89.1 Å². The van der Waals surface area contributed by atoms with Crippen LogP contribution in [0.1, 0.15) is 37.1 Å². The highest BCUT2D eigenvalue weighted by atomic mass is 19.4. The number of hydrogen-bond acceptors (Lipinski definition) is 3. The number of rotatable bonds is 3. The molecule has 0 amide bonds. The highest BCUT2D eigenvalue weighted by Crippen LogP contribution is 2.32. The normalized spacial score (nSPS) is 12.1. The number of aromatic nitrogens is 1. The van der Waals surface area contributed by atoms with E-state index >= 15 is 0 Å². The van der Waals surface area contributed by atoms with E-state index in [0.717, 1.165) is 0 Å². The van der Waals surface area contributed by atoms with E-state index in [0.29, 0.717) is 0 Å². The molecule has 90 valence electrons. The molecule has 1 N–H and O–H groups in total. The standard InChI is InChI=1S/C9H10F3NO3/c1-4(2)7-5(3-6(14)15)16-8(13-7)9(10,11)12/h4H,3H2,1-2H3,(H,14,15). The zero-order valence-electron chi connectivity index (χ0n) is 8.63. The van der Waals surface area contributed by atoms with Crippen molar-refractivity contribution in [2.45, 2.75) is 32.4 Å². The molecule has 7 heteroatoms. The average Bonchev–Trinajstić information content (AvgIpc) is 2.45. The molecule has 0 radical (unpaired) electrons. The Morgan fingerprint density at radius 2 is 2.06 bits per heavy atom. The molecule has 0 unspecified atom stereocenters. The third-order valence-corrected chi connectivity index (χ3v) is 1.83. The van der Waals surface area contributed by atoms with E-state index in [1.54, 1.807) is 13.8 Å². The summed E-state index contributed by atoms with van der Waals surface area (Å²) in [6.07, 6.45) is -5.29. The second-order valence-electron chi connectivity index (χ2n) is 3.55. The summed E-state index contributed by atoms with van der Waals surface area (Å²) in [5.74, 6) is -3.22. The lowest BCUT2D eigenvalue weighted by molar-refractivity contribution is -0.158. The quantitative estimate of drug-likeness (QED) is 0.876. The smallest absolute Gasteiger partial charge is 0.468 e. The van der Waals surface area contributed by atoms with E-state index < -0.39 is 24.5 Å². The predicted molar refractivity (Wildman–Crippen MR) is 46.9 cm³/mol. The van der Waals surface area contributed by atoms with Crippen molar-refractivity contribution in [3.63, 3.8) is 0 Å². The van der Waals surface area contributed by atoms with Gasteiger partial charge < -0.3 is 9.52 Å². The third kappa shape index (κ3) is 2.74. The first-order valence-electron chi connectivity index (χ1n) is 4.50. The summed E-state index contributed by atoms with van der Waals surface area (Å²) < 4.78 is 41.3. The van der Waals surface area contributed by atoms with Crippen molar-refractivity contribution in [2.24, 2.45) is 0 Å². The Morgan fingerprint density at radius 3 is 2.44 bits per heavy atom. The van der Waals surface area contributed by atoms with Crippen LogP contribution in [-0.4, -0.2) is 16.1 Å². The number of oxazole rings is 1. The lowest BCUT2D eigenvalue weighted by Crippen LogP contribution is -2.05. The Kier molecular flexibility index (Phi) is 3.25. The van der Waals surface area contributed by atoms with Crippen LogP contribution in [0.25, 0.3) is 0 Å². The fourth-order valence-electron chi connectivity index (χ4n) is 1.20. The van der Waals surface area contributed by atoms with Gasteiger partial charge in [-0.25, -0.2) is 4.98 Å². The fourth-order valence-corrected chi connectivity index (χ4v) is 1.20. The number of carboxylic acids is 1. The largest absolute Gasteiger partial charge is 0.481 e. The Bertz CT molecular complexity index is 395. The molecule has 0 aliphatic heterocycles. The molecular weight excluding hydrogens is 227 g/mol. The van der Waals surface area contributed by atoms with Crippen LogP contribution in [0.5, 0.6) is 0 Å². The molecular formula is C9H10F3NO3. The molecule has 0 fully saturated rings. The van der Waals surface area contributed by atoms with E-state index in [2.05, 4.69) is 9.40 Å².